The summed E-state index contributed by atoms with van der Waals surface area (Å²) in [4.78, 5) is 29.2. The number of fused-ring (bicyclic) bond motifs is 1. The Balaban J connectivity index is 1.77. The molecule has 0 aliphatic carbocycles. The number of nitrogens with one attached hydrogen (secondary N) is 1. The van der Waals surface area contributed by atoms with Crippen molar-refractivity contribution in [1.29, 1.82) is 0 Å². The van der Waals surface area contributed by atoms with Crippen molar-refractivity contribution in [3.05, 3.63) is 59.5 Å². The number of para-hydroxylation sites is 2. The number of amides is 1. The summed E-state index contributed by atoms with van der Waals surface area (Å²) in [5.74, 6) is -0.960. The summed E-state index contributed by atoms with van der Waals surface area (Å²) in [6.07, 6.45) is 0.729. The Morgan fingerprint density at radius 1 is 1.15 bits per heavy atom. The van der Waals surface area contributed by atoms with E-state index in [1.165, 1.54) is 6.39 Å². The van der Waals surface area contributed by atoms with Gasteiger partial charge in [0.05, 0.1) is 5.56 Å². The highest BCUT2D eigenvalue weighted by atomic mass is 16.5. The van der Waals surface area contributed by atoms with Crippen LogP contribution in [0.5, 0.6) is 0 Å². The molecule has 6 nitrogen and oxygen atoms in total. The molecule has 0 aliphatic rings. The molecule has 1 unspecified atom stereocenters. The summed E-state index contributed by atoms with van der Waals surface area (Å²) >= 11 is 0. The average Bonchev–Trinajstić information content (AvgIpc) is 3.11. The Morgan fingerprint density at radius 2 is 1.85 bits per heavy atom. The predicted molar refractivity (Wildman–Crippen MR) is 98.0 cm³/mol. The second-order valence-corrected chi connectivity index (χ2v) is 6.06. The van der Waals surface area contributed by atoms with Crippen molar-refractivity contribution >= 4 is 28.7 Å². The van der Waals surface area contributed by atoms with E-state index in [0.717, 1.165) is 16.8 Å². The first-order valence-corrected chi connectivity index (χ1v) is 8.41. The number of esters is 1. The summed E-state index contributed by atoms with van der Waals surface area (Å²) in [6.45, 7) is 5.63. The molecule has 0 aliphatic heterocycles. The van der Waals surface area contributed by atoms with Crippen molar-refractivity contribution in [3.63, 3.8) is 0 Å². The van der Waals surface area contributed by atoms with Crippen LogP contribution in [0.4, 0.5) is 5.69 Å². The maximum absolute atomic E-state index is 12.6. The molecular formula is C20H20N2O4. The van der Waals surface area contributed by atoms with Crippen LogP contribution in [0.25, 0.3) is 11.1 Å². The Hall–Kier alpha value is -3.15. The lowest BCUT2D eigenvalue weighted by atomic mass is 10.1. The van der Waals surface area contributed by atoms with Crippen molar-refractivity contribution in [2.45, 2.75) is 33.3 Å². The topological polar surface area (TPSA) is 81.4 Å². The van der Waals surface area contributed by atoms with Gasteiger partial charge in [0.25, 0.3) is 5.91 Å². The highest BCUT2D eigenvalue weighted by Crippen LogP contribution is 2.21. The number of anilines is 1. The summed E-state index contributed by atoms with van der Waals surface area (Å²) in [6, 6.07) is 10.8. The molecule has 6 heteroatoms. The monoisotopic (exact) mass is 352 g/mol. The van der Waals surface area contributed by atoms with Gasteiger partial charge in [-0.05, 0) is 43.5 Å². The zero-order valence-corrected chi connectivity index (χ0v) is 14.9. The van der Waals surface area contributed by atoms with Crippen molar-refractivity contribution < 1.29 is 18.7 Å². The molecule has 1 aromatic heterocycles. The summed E-state index contributed by atoms with van der Waals surface area (Å²) in [5.41, 5.74) is 3.83. The minimum Gasteiger partial charge on any atom is -0.449 e. The van der Waals surface area contributed by atoms with Gasteiger partial charge in [-0.1, -0.05) is 31.2 Å². The van der Waals surface area contributed by atoms with Crippen molar-refractivity contribution in [2.24, 2.45) is 0 Å². The largest absolute Gasteiger partial charge is 0.449 e. The number of carbonyl (C=O) groups excluding carboxylic acids is 2. The molecule has 0 fully saturated rings. The van der Waals surface area contributed by atoms with Crippen molar-refractivity contribution in [1.82, 2.24) is 4.98 Å². The Bertz CT molecular complexity index is 941. The quantitative estimate of drug-likeness (QED) is 0.702. The van der Waals surface area contributed by atoms with E-state index in [0.29, 0.717) is 17.5 Å². The summed E-state index contributed by atoms with van der Waals surface area (Å²) in [5, 5.41) is 2.87. The van der Waals surface area contributed by atoms with Crippen molar-refractivity contribution in [2.75, 3.05) is 5.32 Å². The lowest BCUT2D eigenvalue weighted by Gasteiger charge is -2.18. The predicted octanol–water partition coefficient (Wildman–Crippen LogP) is 4.02. The number of aryl methyl sites for hydroxylation is 2. The third-order valence-corrected chi connectivity index (χ3v) is 4.22. The number of ether oxygens (including phenoxy) is 1. The van der Waals surface area contributed by atoms with Gasteiger partial charge < -0.3 is 14.5 Å². The molecule has 1 amide bonds. The second-order valence-electron chi connectivity index (χ2n) is 6.06. The first kappa shape index (κ1) is 17.7. The van der Waals surface area contributed by atoms with Gasteiger partial charge in [0.2, 0.25) is 0 Å². The zero-order valence-electron chi connectivity index (χ0n) is 14.9. The molecular weight excluding hydrogens is 332 g/mol. The number of nitrogens with zero attached hydrogens (tertiary/aromatic N) is 1. The molecule has 3 aromatic rings. The van der Waals surface area contributed by atoms with Gasteiger partial charge >= 0.3 is 5.97 Å². The molecule has 134 valence electrons. The van der Waals surface area contributed by atoms with Crippen LogP contribution < -0.4 is 5.32 Å². The van der Waals surface area contributed by atoms with Crippen LogP contribution in [-0.4, -0.2) is 23.0 Å². The second kappa shape index (κ2) is 7.39. The van der Waals surface area contributed by atoms with E-state index in [9.17, 15) is 9.59 Å². The first-order valence-electron chi connectivity index (χ1n) is 8.41. The molecule has 2 aromatic carbocycles. The molecule has 1 atom stereocenters. The minimum atomic E-state index is -0.899. The van der Waals surface area contributed by atoms with Crippen LogP contribution in [0.2, 0.25) is 0 Å². The fourth-order valence-corrected chi connectivity index (χ4v) is 2.78. The fraction of sp³-hybridized carbons (Fsp3) is 0.250. The number of hydrogen-bond acceptors (Lipinski definition) is 5. The number of aromatic nitrogens is 1. The average molecular weight is 352 g/mol. The standard InChI is InChI=1S/C20H20N2O4/c1-4-15(19(23)22-17-12(2)7-5-8-13(17)3)26-20(24)14-9-6-10-16-18(14)21-11-25-16/h5-11,15H,4H2,1-3H3,(H,22,23). The van der Waals surface area contributed by atoms with Crippen molar-refractivity contribution in [3.8, 4) is 0 Å². The normalized spacial score (nSPS) is 12.0. The fourth-order valence-electron chi connectivity index (χ4n) is 2.78. The Labute approximate surface area is 151 Å². The molecule has 0 spiro atoms. The number of oxazole rings is 1. The molecule has 26 heavy (non-hydrogen) atoms. The van der Waals surface area contributed by atoms with Gasteiger partial charge in [-0.2, -0.15) is 0 Å². The van der Waals surface area contributed by atoms with E-state index < -0.39 is 12.1 Å². The highest BCUT2D eigenvalue weighted by molar-refractivity contribution is 6.03. The van der Waals surface area contributed by atoms with Crippen LogP contribution in [0.1, 0.15) is 34.8 Å². The lowest BCUT2D eigenvalue weighted by Crippen LogP contribution is -2.32. The third kappa shape index (κ3) is 3.44. The van der Waals surface area contributed by atoms with E-state index in [4.69, 9.17) is 9.15 Å². The Kier molecular flexibility index (Phi) is 5.02. The molecule has 1 N–H and O–H groups in total. The van der Waals surface area contributed by atoms with Gasteiger partial charge in [0.15, 0.2) is 18.1 Å². The molecule has 0 saturated carbocycles. The minimum absolute atomic E-state index is 0.273. The van der Waals surface area contributed by atoms with Crippen LogP contribution in [0, 0.1) is 13.8 Å². The lowest BCUT2D eigenvalue weighted by molar-refractivity contribution is -0.124. The van der Waals surface area contributed by atoms with Gasteiger partial charge in [-0.25, -0.2) is 9.78 Å². The third-order valence-electron chi connectivity index (χ3n) is 4.22. The van der Waals surface area contributed by atoms with E-state index in [1.807, 2.05) is 32.0 Å². The highest BCUT2D eigenvalue weighted by Gasteiger charge is 2.24. The molecule has 0 bridgehead atoms. The number of rotatable bonds is 5. The Morgan fingerprint density at radius 3 is 2.54 bits per heavy atom. The van der Waals surface area contributed by atoms with Gasteiger partial charge in [-0.3, -0.25) is 4.79 Å². The smallest absolute Gasteiger partial charge is 0.341 e. The molecule has 0 saturated heterocycles. The number of hydrogen-bond donors (Lipinski definition) is 1. The zero-order chi connectivity index (χ0) is 18.7. The van der Waals surface area contributed by atoms with Gasteiger partial charge in [0, 0.05) is 5.69 Å². The van der Waals surface area contributed by atoms with Gasteiger partial charge in [-0.15, -0.1) is 0 Å². The summed E-state index contributed by atoms with van der Waals surface area (Å²) < 4.78 is 10.6. The summed E-state index contributed by atoms with van der Waals surface area (Å²) in [7, 11) is 0. The van der Waals surface area contributed by atoms with Crippen LogP contribution in [-0.2, 0) is 9.53 Å². The van der Waals surface area contributed by atoms with Crippen LogP contribution in [0.3, 0.4) is 0 Å². The van der Waals surface area contributed by atoms with Crippen LogP contribution in [0.15, 0.2) is 47.2 Å². The maximum atomic E-state index is 12.6. The number of carbonyl (C=O) groups is 2. The van der Waals surface area contributed by atoms with Crippen LogP contribution >= 0.6 is 0 Å². The molecule has 1 heterocycles. The molecule has 3 rings (SSSR count). The van der Waals surface area contributed by atoms with E-state index in [1.54, 1.807) is 25.1 Å². The maximum Gasteiger partial charge on any atom is 0.341 e. The number of benzene rings is 2. The van der Waals surface area contributed by atoms with E-state index in [2.05, 4.69) is 10.3 Å². The van der Waals surface area contributed by atoms with E-state index in [-0.39, 0.29) is 11.5 Å². The first-order chi connectivity index (χ1) is 12.5. The molecule has 0 radical (unpaired) electrons. The van der Waals surface area contributed by atoms with E-state index >= 15 is 0 Å². The SMILES string of the molecule is CCC(OC(=O)c1cccc2ocnc12)C(=O)Nc1c(C)cccc1C. The van der Waals surface area contributed by atoms with Gasteiger partial charge in [0.1, 0.15) is 5.52 Å².